The van der Waals surface area contributed by atoms with E-state index in [1.807, 2.05) is 0 Å². The molecule has 0 fully saturated rings. The molecule has 1 aromatic rings. The molecule has 0 aliphatic carbocycles. The molecule has 1 aromatic carbocycles. The van der Waals surface area contributed by atoms with Gasteiger partial charge in [0.1, 0.15) is 0 Å². The molecule has 0 aliphatic heterocycles. The van der Waals surface area contributed by atoms with E-state index >= 15 is 0 Å². The molecule has 0 unspecified atom stereocenters. The minimum atomic E-state index is -0.401. The zero-order chi connectivity index (χ0) is 10.6. The van der Waals surface area contributed by atoms with Crippen molar-refractivity contribution >= 4 is 29.0 Å². The maximum Gasteiger partial charge on any atom is 0.337 e. The number of esters is 1. The van der Waals surface area contributed by atoms with Crippen molar-refractivity contribution in [2.45, 2.75) is 0 Å². The third-order valence-electron chi connectivity index (χ3n) is 1.67. The van der Waals surface area contributed by atoms with Gasteiger partial charge in [0.15, 0.2) is 34.5 Å². The van der Waals surface area contributed by atoms with Crippen LogP contribution in [-0.2, 0) is 4.74 Å². The number of carbonyl (C=O) groups excluding carboxylic acids is 1. The summed E-state index contributed by atoms with van der Waals surface area (Å²) in [5, 5.41) is 0. The molecule has 76 valence electrons. The van der Waals surface area contributed by atoms with Crippen molar-refractivity contribution in [2.24, 2.45) is 0 Å². The van der Waals surface area contributed by atoms with E-state index in [1.165, 1.54) is 14.2 Å². The summed E-state index contributed by atoms with van der Waals surface area (Å²) >= 11 is 1.72. The van der Waals surface area contributed by atoms with Gasteiger partial charge in [-0.25, -0.2) is 4.79 Å². The number of carbonyl (C=O) groups is 1. The highest BCUT2D eigenvalue weighted by Crippen LogP contribution is 2.29. The molecule has 0 N–H and O–H groups in total. The summed E-state index contributed by atoms with van der Waals surface area (Å²) in [6.45, 7) is 0. The lowest BCUT2D eigenvalue weighted by atomic mass is 10.2. The molecule has 0 heterocycles. The van der Waals surface area contributed by atoms with Gasteiger partial charge >= 0.3 is 5.97 Å². The molecule has 0 amide bonds. The Balaban J connectivity index is 3.07. The fourth-order valence-electron chi connectivity index (χ4n) is 0.982. The van der Waals surface area contributed by atoms with Crippen LogP contribution in [0.4, 0.5) is 0 Å². The molecule has 0 saturated carbocycles. The van der Waals surface area contributed by atoms with Crippen LogP contribution in [0.5, 0.6) is 11.5 Å². The van der Waals surface area contributed by atoms with Gasteiger partial charge in [0, 0.05) is 0 Å². The van der Waals surface area contributed by atoms with E-state index in [2.05, 4.69) is 4.74 Å². The van der Waals surface area contributed by atoms with E-state index in [9.17, 15) is 4.79 Å². The molecule has 1 rings (SSSR count). The largest absolute Gasteiger partial charge is 0.493 e. The van der Waals surface area contributed by atoms with E-state index < -0.39 is 5.97 Å². The van der Waals surface area contributed by atoms with Gasteiger partial charge < -0.3 is 12.5 Å². The van der Waals surface area contributed by atoms with Gasteiger partial charge in [-0.1, -0.05) is 0 Å². The second kappa shape index (κ2) is 5.04. The van der Waals surface area contributed by atoms with Crippen LogP contribution in [0.3, 0.4) is 0 Å². The SMILES string of the molecule is COC(=O)c1ccc(OC)c(OI)c1. The molecule has 0 aliphatic rings. The number of rotatable bonds is 3. The average molecular weight is 308 g/mol. The number of halogens is 1. The van der Waals surface area contributed by atoms with Crippen LogP contribution in [0.25, 0.3) is 0 Å². The first kappa shape index (κ1) is 11.1. The number of methoxy groups -OCH3 is 2. The first-order valence-corrected chi connectivity index (χ1v) is 4.66. The van der Waals surface area contributed by atoms with Crippen molar-refractivity contribution in [1.29, 1.82) is 0 Å². The Morgan fingerprint density at radius 3 is 2.50 bits per heavy atom. The summed E-state index contributed by atoms with van der Waals surface area (Å²) in [7, 11) is 2.86. The molecule has 14 heavy (non-hydrogen) atoms. The van der Waals surface area contributed by atoms with Crippen molar-refractivity contribution in [3.63, 3.8) is 0 Å². The normalized spacial score (nSPS) is 9.36. The molecule has 4 nitrogen and oxygen atoms in total. The van der Waals surface area contributed by atoms with Crippen LogP contribution in [0.15, 0.2) is 18.2 Å². The van der Waals surface area contributed by atoms with Gasteiger partial charge in [0.2, 0.25) is 0 Å². The van der Waals surface area contributed by atoms with Crippen molar-refractivity contribution in [2.75, 3.05) is 14.2 Å². The average Bonchev–Trinajstić information content (AvgIpc) is 2.26. The van der Waals surface area contributed by atoms with Crippen molar-refractivity contribution in [1.82, 2.24) is 0 Å². The van der Waals surface area contributed by atoms with E-state index in [4.69, 9.17) is 7.80 Å². The molecule has 0 radical (unpaired) electrons. The van der Waals surface area contributed by atoms with Crippen LogP contribution in [0, 0.1) is 0 Å². The topological polar surface area (TPSA) is 44.8 Å². The first-order valence-electron chi connectivity index (χ1n) is 3.78. The van der Waals surface area contributed by atoms with Crippen LogP contribution >= 0.6 is 23.0 Å². The van der Waals surface area contributed by atoms with Crippen molar-refractivity contribution in [3.05, 3.63) is 23.8 Å². The van der Waals surface area contributed by atoms with Gasteiger partial charge in [-0.15, -0.1) is 0 Å². The van der Waals surface area contributed by atoms with Gasteiger partial charge in [-0.05, 0) is 18.2 Å². The molecule has 0 bridgehead atoms. The van der Waals surface area contributed by atoms with Gasteiger partial charge in [0.05, 0.1) is 19.8 Å². The minimum absolute atomic E-state index is 0.401. The molecular weight excluding hydrogens is 299 g/mol. The minimum Gasteiger partial charge on any atom is -0.493 e. The summed E-state index contributed by atoms with van der Waals surface area (Å²) in [6.07, 6.45) is 0. The maximum atomic E-state index is 11.2. The zero-order valence-corrected chi connectivity index (χ0v) is 9.90. The lowest BCUT2D eigenvalue weighted by Crippen LogP contribution is -2.01. The van der Waals surface area contributed by atoms with E-state index in [0.29, 0.717) is 17.1 Å². The van der Waals surface area contributed by atoms with E-state index in [0.717, 1.165) is 0 Å². The second-order valence-corrected chi connectivity index (χ2v) is 2.87. The third-order valence-corrected chi connectivity index (χ3v) is 2.14. The Morgan fingerprint density at radius 1 is 1.29 bits per heavy atom. The maximum absolute atomic E-state index is 11.2. The van der Waals surface area contributed by atoms with Crippen molar-refractivity contribution in [3.8, 4) is 11.5 Å². The number of ether oxygens (including phenoxy) is 2. The fourth-order valence-corrected chi connectivity index (χ4v) is 1.33. The Hall–Kier alpha value is -0.980. The Labute approximate surface area is 95.8 Å². The fraction of sp³-hybridized carbons (Fsp3) is 0.222. The highest BCUT2D eigenvalue weighted by molar-refractivity contribution is 14.1. The quantitative estimate of drug-likeness (QED) is 0.634. The van der Waals surface area contributed by atoms with Crippen LogP contribution < -0.4 is 7.80 Å². The molecule has 0 saturated heterocycles. The summed E-state index contributed by atoms with van der Waals surface area (Å²) in [6, 6.07) is 4.83. The molecule has 0 spiro atoms. The lowest BCUT2D eigenvalue weighted by molar-refractivity contribution is 0.0600. The number of benzene rings is 1. The van der Waals surface area contributed by atoms with Crippen LogP contribution in [-0.4, -0.2) is 20.2 Å². The van der Waals surface area contributed by atoms with Gasteiger partial charge in [0.25, 0.3) is 0 Å². The first-order chi connectivity index (χ1) is 6.72. The van der Waals surface area contributed by atoms with E-state index in [1.54, 1.807) is 41.2 Å². The summed E-state index contributed by atoms with van der Waals surface area (Å²) in [4.78, 5) is 11.2. The third kappa shape index (κ3) is 2.28. The number of hydrogen-bond acceptors (Lipinski definition) is 4. The van der Waals surface area contributed by atoms with Gasteiger partial charge in [-0.2, -0.15) is 0 Å². The van der Waals surface area contributed by atoms with Crippen molar-refractivity contribution < 1.29 is 17.3 Å². The van der Waals surface area contributed by atoms with Crippen LogP contribution in [0.1, 0.15) is 10.4 Å². The van der Waals surface area contributed by atoms with Gasteiger partial charge in [-0.3, -0.25) is 0 Å². The van der Waals surface area contributed by atoms with E-state index in [-0.39, 0.29) is 0 Å². The van der Waals surface area contributed by atoms with Crippen LogP contribution in [0.2, 0.25) is 0 Å². The zero-order valence-electron chi connectivity index (χ0n) is 7.74. The second-order valence-electron chi connectivity index (χ2n) is 2.43. The highest BCUT2D eigenvalue weighted by atomic mass is 127. The standard InChI is InChI=1S/C9H9IO4/c1-12-7-4-3-6(9(11)13-2)5-8(7)14-10/h3-5H,1-2H3. The number of hydrogen-bond donors (Lipinski definition) is 0. The predicted octanol–water partition coefficient (Wildman–Crippen LogP) is 2.21. The molecule has 0 aromatic heterocycles. The summed E-state index contributed by atoms with van der Waals surface area (Å²) < 4.78 is 14.6. The lowest BCUT2D eigenvalue weighted by Gasteiger charge is -2.06. The smallest absolute Gasteiger partial charge is 0.337 e. The molecular formula is C9H9IO4. The monoisotopic (exact) mass is 308 g/mol. The Bertz CT molecular complexity index is 338. The summed E-state index contributed by atoms with van der Waals surface area (Å²) in [5.41, 5.74) is 0.431. The Morgan fingerprint density at radius 2 is 2.00 bits per heavy atom. The summed E-state index contributed by atoms with van der Waals surface area (Å²) in [5.74, 6) is 0.672. The predicted molar refractivity (Wildman–Crippen MR) is 59.0 cm³/mol. The Kier molecular flexibility index (Phi) is 3.99. The molecule has 5 heteroatoms. The highest BCUT2D eigenvalue weighted by Gasteiger charge is 2.10. The molecule has 0 atom stereocenters.